The summed E-state index contributed by atoms with van der Waals surface area (Å²) in [6.45, 7) is 4.43. The van der Waals surface area contributed by atoms with E-state index < -0.39 is 0 Å². The predicted octanol–water partition coefficient (Wildman–Crippen LogP) is 0.979. The normalized spacial score (nSPS) is 16.8. The summed E-state index contributed by atoms with van der Waals surface area (Å²) in [6.07, 6.45) is 1.58. The van der Waals surface area contributed by atoms with E-state index in [-0.39, 0.29) is 0 Å². The van der Waals surface area contributed by atoms with Crippen LogP contribution in [0.4, 0.5) is 11.6 Å². The van der Waals surface area contributed by atoms with E-state index in [1.54, 1.807) is 6.33 Å². The average molecular weight is 253 g/mol. The molecule has 0 saturated carbocycles. The van der Waals surface area contributed by atoms with Crippen molar-refractivity contribution in [2.24, 2.45) is 0 Å². The Labute approximate surface area is 106 Å². The summed E-state index contributed by atoms with van der Waals surface area (Å²) in [7, 11) is 1.86. The van der Waals surface area contributed by atoms with Gasteiger partial charge in [0.05, 0.1) is 0 Å². The molecule has 0 unspecified atom stereocenters. The van der Waals surface area contributed by atoms with Crippen LogP contribution >= 0.6 is 11.8 Å². The fourth-order valence-corrected chi connectivity index (χ4v) is 2.74. The maximum Gasteiger partial charge on any atom is 0.131 e. The zero-order chi connectivity index (χ0) is 11.9. The van der Waals surface area contributed by atoms with E-state index in [0.717, 1.165) is 24.7 Å². The molecule has 1 aromatic rings. The van der Waals surface area contributed by atoms with Crippen LogP contribution in [0.5, 0.6) is 0 Å². The second kappa shape index (κ2) is 6.66. The molecule has 1 aliphatic heterocycles. The molecule has 17 heavy (non-hydrogen) atoms. The molecule has 0 amide bonds. The SMILES string of the molecule is CNc1cc(NCCN2CCSCC2)ncn1. The highest BCUT2D eigenvalue weighted by Crippen LogP contribution is 2.09. The molecule has 0 spiro atoms. The van der Waals surface area contributed by atoms with E-state index in [2.05, 4.69) is 25.5 Å². The number of nitrogens with zero attached hydrogens (tertiary/aromatic N) is 3. The van der Waals surface area contributed by atoms with Gasteiger partial charge in [0.2, 0.25) is 0 Å². The summed E-state index contributed by atoms with van der Waals surface area (Å²) < 4.78 is 0. The highest BCUT2D eigenvalue weighted by atomic mass is 32.2. The summed E-state index contributed by atoms with van der Waals surface area (Å²) in [5.74, 6) is 4.25. The van der Waals surface area contributed by atoms with Crippen LogP contribution in [0.15, 0.2) is 12.4 Å². The number of nitrogens with one attached hydrogen (secondary N) is 2. The lowest BCUT2D eigenvalue weighted by Gasteiger charge is -2.26. The van der Waals surface area contributed by atoms with Gasteiger partial charge in [-0.3, -0.25) is 4.90 Å². The highest BCUT2D eigenvalue weighted by molar-refractivity contribution is 7.99. The number of hydrogen-bond acceptors (Lipinski definition) is 6. The topological polar surface area (TPSA) is 53.1 Å². The number of rotatable bonds is 5. The molecule has 94 valence electrons. The minimum Gasteiger partial charge on any atom is -0.373 e. The molecular weight excluding hydrogens is 234 g/mol. The Morgan fingerprint density at radius 2 is 2.06 bits per heavy atom. The maximum atomic E-state index is 4.19. The molecule has 1 fully saturated rings. The molecule has 0 radical (unpaired) electrons. The van der Waals surface area contributed by atoms with Gasteiger partial charge < -0.3 is 10.6 Å². The van der Waals surface area contributed by atoms with Crippen LogP contribution in [0.1, 0.15) is 0 Å². The lowest BCUT2D eigenvalue weighted by atomic mass is 10.4. The lowest BCUT2D eigenvalue weighted by Crippen LogP contribution is -2.36. The molecule has 5 nitrogen and oxygen atoms in total. The van der Waals surface area contributed by atoms with Gasteiger partial charge in [-0.2, -0.15) is 11.8 Å². The smallest absolute Gasteiger partial charge is 0.131 e. The van der Waals surface area contributed by atoms with Crippen molar-refractivity contribution in [3.8, 4) is 0 Å². The van der Waals surface area contributed by atoms with E-state index in [9.17, 15) is 0 Å². The maximum absolute atomic E-state index is 4.19. The number of aromatic nitrogens is 2. The standard InChI is InChI=1S/C11H19N5S/c1-12-10-8-11(15-9-14-10)13-2-3-16-4-6-17-7-5-16/h8-9H,2-7H2,1H3,(H2,12,13,14,15). The molecule has 0 aliphatic carbocycles. The van der Waals surface area contributed by atoms with Crippen molar-refractivity contribution < 1.29 is 0 Å². The van der Waals surface area contributed by atoms with E-state index in [1.165, 1.54) is 24.6 Å². The van der Waals surface area contributed by atoms with Gasteiger partial charge in [0.25, 0.3) is 0 Å². The second-order valence-electron chi connectivity index (χ2n) is 3.92. The zero-order valence-electron chi connectivity index (χ0n) is 10.1. The van der Waals surface area contributed by atoms with Crippen LogP contribution in [0.25, 0.3) is 0 Å². The molecule has 0 atom stereocenters. The van der Waals surface area contributed by atoms with Gasteiger partial charge in [-0.1, -0.05) is 0 Å². The quantitative estimate of drug-likeness (QED) is 0.816. The molecule has 2 heterocycles. The van der Waals surface area contributed by atoms with Crippen molar-refractivity contribution >= 4 is 23.4 Å². The molecule has 1 aromatic heterocycles. The fourth-order valence-electron chi connectivity index (χ4n) is 1.76. The fraction of sp³-hybridized carbons (Fsp3) is 0.636. The van der Waals surface area contributed by atoms with Crippen LogP contribution in [-0.4, -0.2) is 59.6 Å². The first-order valence-electron chi connectivity index (χ1n) is 5.92. The average Bonchev–Trinajstić information content (AvgIpc) is 2.40. The summed E-state index contributed by atoms with van der Waals surface area (Å²) in [4.78, 5) is 10.8. The zero-order valence-corrected chi connectivity index (χ0v) is 11.0. The van der Waals surface area contributed by atoms with Gasteiger partial charge in [0, 0.05) is 50.8 Å². The molecule has 2 N–H and O–H groups in total. The van der Waals surface area contributed by atoms with Crippen molar-refractivity contribution in [3.63, 3.8) is 0 Å². The van der Waals surface area contributed by atoms with Crippen LogP contribution < -0.4 is 10.6 Å². The second-order valence-corrected chi connectivity index (χ2v) is 5.14. The van der Waals surface area contributed by atoms with Crippen molar-refractivity contribution in [1.82, 2.24) is 14.9 Å². The van der Waals surface area contributed by atoms with Crippen molar-refractivity contribution in [1.29, 1.82) is 0 Å². The minimum absolute atomic E-state index is 0.844. The first-order valence-corrected chi connectivity index (χ1v) is 7.08. The Bertz CT molecular complexity index is 340. The molecule has 6 heteroatoms. The van der Waals surface area contributed by atoms with Crippen molar-refractivity contribution in [2.45, 2.75) is 0 Å². The predicted molar refractivity (Wildman–Crippen MR) is 73.8 cm³/mol. The van der Waals surface area contributed by atoms with Gasteiger partial charge in [-0.15, -0.1) is 0 Å². The Hall–Kier alpha value is -1.01. The van der Waals surface area contributed by atoms with E-state index in [1.807, 2.05) is 24.9 Å². The highest BCUT2D eigenvalue weighted by Gasteiger charge is 2.09. The van der Waals surface area contributed by atoms with Crippen LogP contribution in [0, 0.1) is 0 Å². The first-order chi connectivity index (χ1) is 8.38. The molecule has 1 saturated heterocycles. The summed E-state index contributed by atoms with van der Waals surface area (Å²) in [6, 6.07) is 1.92. The van der Waals surface area contributed by atoms with Gasteiger partial charge in [0.15, 0.2) is 0 Å². The molecule has 0 bridgehead atoms. The Morgan fingerprint density at radius 3 is 2.82 bits per heavy atom. The number of anilines is 2. The Kier molecular flexibility index (Phi) is 4.88. The third-order valence-corrected chi connectivity index (χ3v) is 3.70. The third kappa shape index (κ3) is 4.05. The summed E-state index contributed by atoms with van der Waals surface area (Å²) in [5.41, 5.74) is 0. The molecule has 0 aromatic carbocycles. The Morgan fingerprint density at radius 1 is 1.29 bits per heavy atom. The van der Waals surface area contributed by atoms with Gasteiger partial charge >= 0.3 is 0 Å². The number of thioether (sulfide) groups is 1. The Balaban J connectivity index is 1.73. The monoisotopic (exact) mass is 253 g/mol. The van der Waals surface area contributed by atoms with Gasteiger partial charge in [-0.05, 0) is 0 Å². The molecule has 1 aliphatic rings. The minimum atomic E-state index is 0.844. The summed E-state index contributed by atoms with van der Waals surface area (Å²) >= 11 is 2.04. The van der Waals surface area contributed by atoms with Gasteiger partial charge in [0.1, 0.15) is 18.0 Å². The largest absolute Gasteiger partial charge is 0.373 e. The third-order valence-electron chi connectivity index (χ3n) is 2.76. The van der Waals surface area contributed by atoms with E-state index in [4.69, 9.17) is 0 Å². The van der Waals surface area contributed by atoms with Crippen LogP contribution in [-0.2, 0) is 0 Å². The van der Waals surface area contributed by atoms with Crippen molar-refractivity contribution in [3.05, 3.63) is 12.4 Å². The summed E-state index contributed by atoms with van der Waals surface area (Å²) in [5, 5.41) is 6.33. The van der Waals surface area contributed by atoms with E-state index >= 15 is 0 Å². The molecule has 2 rings (SSSR count). The first kappa shape index (κ1) is 12.4. The molecular formula is C11H19N5S. The van der Waals surface area contributed by atoms with Crippen molar-refractivity contribution in [2.75, 3.05) is 55.4 Å². The van der Waals surface area contributed by atoms with Crippen LogP contribution in [0.3, 0.4) is 0 Å². The van der Waals surface area contributed by atoms with E-state index in [0.29, 0.717) is 0 Å². The lowest BCUT2D eigenvalue weighted by molar-refractivity contribution is 0.314. The van der Waals surface area contributed by atoms with Crippen LogP contribution in [0.2, 0.25) is 0 Å². The van der Waals surface area contributed by atoms with Gasteiger partial charge in [-0.25, -0.2) is 9.97 Å². The number of hydrogen-bond donors (Lipinski definition) is 2.